The molecule has 0 unspecified atom stereocenters. The fourth-order valence-corrected chi connectivity index (χ4v) is 3.17. The minimum absolute atomic E-state index is 0.0260. The SMILES string of the molecule is COCC(=O)N[C@H]1CC[C@H](C(=O)N(C)CCc2ccccn2)C[C@@H]1O. The van der Waals surface area contributed by atoms with Crippen LogP contribution in [0.4, 0.5) is 0 Å². The van der Waals surface area contributed by atoms with Crippen molar-refractivity contribution in [2.75, 3.05) is 27.3 Å². The summed E-state index contributed by atoms with van der Waals surface area (Å²) < 4.78 is 4.78. The zero-order chi connectivity index (χ0) is 18.2. The molecule has 1 aliphatic rings. The predicted molar refractivity (Wildman–Crippen MR) is 92.7 cm³/mol. The monoisotopic (exact) mass is 349 g/mol. The van der Waals surface area contributed by atoms with E-state index >= 15 is 0 Å². The van der Waals surface area contributed by atoms with Gasteiger partial charge in [0.05, 0.1) is 12.1 Å². The average Bonchev–Trinajstić information content (AvgIpc) is 2.62. The number of likely N-dealkylation sites (N-methyl/N-ethyl adjacent to an activating group) is 1. The fraction of sp³-hybridized carbons (Fsp3) is 0.611. The Hall–Kier alpha value is -1.99. The molecule has 0 saturated heterocycles. The highest BCUT2D eigenvalue weighted by molar-refractivity contribution is 5.79. The summed E-state index contributed by atoms with van der Waals surface area (Å²) >= 11 is 0. The van der Waals surface area contributed by atoms with Gasteiger partial charge >= 0.3 is 0 Å². The van der Waals surface area contributed by atoms with Crippen molar-refractivity contribution in [2.24, 2.45) is 5.92 Å². The van der Waals surface area contributed by atoms with Crippen LogP contribution in [0, 0.1) is 5.92 Å². The van der Waals surface area contributed by atoms with Gasteiger partial charge in [-0.25, -0.2) is 0 Å². The first kappa shape index (κ1) is 19.3. The summed E-state index contributed by atoms with van der Waals surface area (Å²) in [7, 11) is 3.23. The third-order valence-corrected chi connectivity index (χ3v) is 4.59. The normalized spacial score (nSPS) is 23.1. The summed E-state index contributed by atoms with van der Waals surface area (Å²) in [6.45, 7) is 0.568. The number of aliphatic hydroxyl groups excluding tert-OH is 1. The molecule has 1 fully saturated rings. The van der Waals surface area contributed by atoms with Crippen LogP contribution in [-0.4, -0.2) is 66.3 Å². The van der Waals surface area contributed by atoms with Crippen molar-refractivity contribution in [3.8, 4) is 0 Å². The Labute approximate surface area is 148 Å². The molecule has 0 bridgehead atoms. The van der Waals surface area contributed by atoms with Crippen LogP contribution >= 0.6 is 0 Å². The topological polar surface area (TPSA) is 91.8 Å². The number of rotatable bonds is 7. The van der Waals surface area contributed by atoms with Crippen LogP contribution in [0.25, 0.3) is 0 Å². The molecule has 25 heavy (non-hydrogen) atoms. The lowest BCUT2D eigenvalue weighted by Gasteiger charge is -2.34. The van der Waals surface area contributed by atoms with Gasteiger partial charge in [-0.1, -0.05) is 6.07 Å². The number of nitrogens with zero attached hydrogens (tertiary/aromatic N) is 2. The van der Waals surface area contributed by atoms with Crippen LogP contribution in [0.3, 0.4) is 0 Å². The van der Waals surface area contributed by atoms with E-state index in [0.29, 0.717) is 32.2 Å². The number of hydrogen-bond donors (Lipinski definition) is 2. The Morgan fingerprint density at radius 2 is 2.20 bits per heavy atom. The number of hydrogen-bond acceptors (Lipinski definition) is 5. The molecule has 1 aromatic heterocycles. The highest BCUT2D eigenvalue weighted by Gasteiger charge is 2.34. The second kappa shape index (κ2) is 9.48. The van der Waals surface area contributed by atoms with E-state index < -0.39 is 6.10 Å². The van der Waals surface area contributed by atoms with Crippen LogP contribution in [0.1, 0.15) is 25.0 Å². The van der Waals surface area contributed by atoms with Crippen molar-refractivity contribution < 1.29 is 19.4 Å². The quantitative estimate of drug-likeness (QED) is 0.742. The second-order valence-electron chi connectivity index (χ2n) is 6.52. The molecule has 138 valence electrons. The molecule has 7 nitrogen and oxygen atoms in total. The fourth-order valence-electron chi connectivity index (χ4n) is 3.17. The Bertz CT molecular complexity index is 567. The van der Waals surface area contributed by atoms with Gasteiger partial charge in [0, 0.05) is 44.9 Å². The first-order chi connectivity index (χ1) is 12.0. The van der Waals surface area contributed by atoms with Gasteiger partial charge in [-0.2, -0.15) is 0 Å². The number of methoxy groups -OCH3 is 1. The number of carbonyl (C=O) groups is 2. The highest BCUT2D eigenvalue weighted by Crippen LogP contribution is 2.26. The first-order valence-electron chi connectivity index (χ1n) is 8.62. The molecule has 0 aromatic carbocycles. The maximum absolute atomic E-state index is 12.6. The third-order valence-electron chi connectivity index (χ3n) is 4.59. The van der Waals surface area contributed by atoms with Crippen molar-refractivity contribution >= 4 is 11.8 Å². The number of pyridine rings is 1. The van der Waals surface area contributed by atoms with E-state index in [1.807, 2.05) is 18.2 Å². The molecule has 7 heteroatoms. The number of nitrogens with one attached hydrogen (secondary N) is 1. The van der Waals surface area contributed by atoms with Crippen LogP contribution in [0.2, 0.25) is 0 Å². The molecule has 1 aromatic rings. The molecular formula is C18H27N3O4. The summed E-state index contributed by atoms with van der Waals surface area (Å²) in [6.07, 6.45) is 3.33. The first-order valence-corrected chi connectivity index (χ1v) is 8.62. The lowest BCUT2D eigenvalue weighted by atomic mass is 9.83. The van der Waals surface area contributed by atoms with Crippen LogP contribution in [-0.2, 0) is 20.7 Å². The summed E-state index contributed by atoms with van der Waals surface area (Å²) in [5.41, 5.74) is 0.951. The molecule has 0 aliphatic heterocycles. The molecule has 2 amide bonds. The number of amides is 2. The summed E-state index contributed by atoms with van der Waals surface area (Å²) in [5.74, 6) is -0.417. The third kappa shape index (κ3) is 5.79. The number of aliphatic hydroxyl groups is 1. The lowest BCUT2D eigenvalue weighted by molar-refractivity contribution is -0.137. The van der Waals surface area contributed by atoms with E-state index in [1.54, 1.807) is 18.1 Å². The average molecular weight is 349 g/mol. The van der Waals surface area contributed by atoms with Crippen LogP contribution in [0.15, 0.2) is 24.4 Å². The number of carbonyl (C=O) groups excluding carboxylic acids is 2. The van der Waals surface area contributed by atoms with Crippen LogP contribution < -0.4 is 5.32 Å². The van der Waals surface area contributed by atoms with Gasteiger partial charge in [-0.15, -0.1) is 0 Å². The Kier molecular flexibility index (Phi) is 7.33. The molecule has 3 atom stereocenters. The maximum atomic E-state index is 12.6. The van der Waals surface area contributed by atoms with Gasteiger partial charge in [-0.3, -0.25) is 14.6 Å². The standard InChI is InChI=1S/C18H27N3O4/c1-21(10-8-14-5-3-4-9-19-14)18(24)13-6-7-15(16(22)11-13)20-17(23)12-25-2/h3-5,9,13,15-16,22H,6-8,10-12H2,1-2H3,(H,20,23)/t13-,15-,16-/m0/s1. The summed E-state index contributed by atoms with van der Waals surface area (Å²) in [5, 5.41) is 13.0. The van der Waals surface area contributed by atoms with E-state index in [4.69, 9.17) is 4.74 Å². The molecule has 2 rings (SSSR count). The molecule has 0 spiro atoms. The van der Waals surface area contributed by atoms with Gasteiger partial charge in [-0.05, 0) is 31.4 Å². The largest absolute Gasteiger partial charge is 0.391 e. The van der Waals surface area contributed by atoms with E-state index in [9.17, 15) is 14.7 Å². The van der Waals surface area contributed by atoms with Gasteiger partial charge < -0.3 is 20.1 Å². The van der Waals surface area contributed by atoms with Crippen molar-refractivity contribution in [3.63, 3.8) is 0 Å². The molecule has 2 N–H and O–H groups in total. The second-order valence-corrected chi connectivity index (χ2v) is 6.52. The minimum Gasteiger partial charge on any atom is -0.391 e. The summed E-state index contributed by atoms with van der Waals surface area (Å²) in [6, 6.07) is 5.42. The summed E-state index contributed by atoms with van der Waals surface area (Å²) in [4.78, 5) is 30.1. The number of ether oxygens (including phenoxy) is 1. The van der Waals surface area contributed by atoms with E-state index in [1.165, 1.54) is 7.11 Å². The number of aromatic nitrogens is 1. The Balaban J connectivity index is 1.79. The van der Waals surface area contributed by atoms with E-state index in [2.05, 4.69) is 10.3 Å². The van der Waals surface area contributed by atoms with Gasteiger partial charge in [0.25, 0.3) is 0 Å². The highest BCUT2D eigenvalue weighted by atomic mass is 16.5. The lowest BCUT2D eigenvalue weighted by Crippen LogP contribution is -2.50. The smallest absolute Gasteiger partial charge is 0.246 e. The van der Waals surface area contributed by atoms with Crippen molar-refractivity contribution in [1.29, 1.82) is 0 Å². The predicted octanol–water partition coefficient (Wildman–Crippen LogP) is 0.375. The van der Waals surface area contributed by atoms with Crippen LogP contribution in [0.5, 0.6) is 0 Å². The van der Waals surface area contributed by atoms with Gasteiger partial charge in [0.15, 0.2) is 0 Å². The zero-order valence-corrected chi connectivity index (χ0v) is 14.9. The van der Waals surface area contributed by atoms with Crippen molar-refractivity contribution in [2.45, 2.75) is 37.8 Å². The molecular weight excluding hydrogens is 322 g/mol. The van der Waals surface area contributed by atoms with E-state index in [0.717, 1.165) is 5.69 Å². The Morgan fingerprint density at radius 1 is 1.40 bits per heavy atom. The molecule has 1 aliphatic carbocycles. The molecule has 1 heterocycles. The van der Waals surface area contributed by atoms with Gasteiger partial charge in [0.1, 0.15) is 6.61 Å². The van der Waals surface area contributed by atoms with Crippen molar-refractivity contribution in [1.82, 2.24) is 15.2 Å². The molecule has 0 radical (unpaired) electrons. The molecule has 1 saturated carbocycles. The van der Waals surface area contributed by atoms with Gasteiger partial charge in [0.2, 0.25) is 11.8 Å². The maximum Gasteiger partial charge on any atom is 0.246 e. The Morgan fingerprint density at radius 3 is 2.84 bits per heavy atom. The minimum atomic E-state index is -0.715. The van der Waals surface area contributed by atoms with E-state index in [-0.39, 0.29) is 30.4 Å². The van der Waals surface area contributed by atoms with Crippen molar-refractivity contribution in [3.05, 3.63) is 30.1 Å². The zero-order valence-electron chi connectivity index (χ0n) is 14.9.